The third kappa shape index (κ3) is 6.17. The zero-order valence-electron chi connectivity index (χ0n) is 17.5. The van der Waals surface area contributed by atoms with Crippen LogP contribution in [0, 0.1) is 6.92 Å². The smallest absolute Gasteiger partial charge is 0.243 e. The average Bonchev–Trinajstić information content (AvgIpc) is 2.74. The third-order valence-electron chi connectivity index (χ3n) is 4.93. The fourth-order valence-corrected chi connectivity index (χ4v) is 4.66. The Labute approximate surface area is 188 Å². The van der Waals surface area contributed by atoms with Crippen molar-refractivity contribution in [3.05, 3.63) is 101 Å². The van der Waals surface area contributed by atoms with Crippen LogP contribution >= 0.6 is 11.6 Å². The number of nitrogens with zero attached hydrogens (tertiary/aromatic N) is 1. The van der Waals surface area contributed by atoms with Gasteiger partial charge >= 0.3 is 0 Å². The van der Waals surface area contributed by atoms with E-state index in [0.717, 1.165) is 16.7 Å². The summed E-state index contributed by atoms with van der Waals surface area (Å²) in [5, 5.41) is 3.49. The molecule has 0 bridgehead atoms. The Hall–Kier alpha value is -2.67. The minimum absolute atomic E-state index is 0.0970. The highest BCUT2D eigenvalue weighted by molar-refractivity contribution is 7.89. The number of nitrogens with one attached hydrogen (secondary N) is 1. The van der Waals surface area contributed by atoms with E-state index in [2.05, 4.69) is 5.32 Å². The topological polar surface area (TPSA) is 66.5 Å². The minimum atomic E-state index is -3.86. The summed E-state index contributed by atoms with van der Waals surface area (Å²) in [6.45, 7) is 3.55. The van der Waals surface area contributed by atoms with Gasteiger partial charge in [-0.1, -0.05) is 71.8 Å². The number of halogens is 1. The highest BCUT2D eigenvalue weighted by Crippen LogP contribution is 2.20. The summed E-state index contributed by atoms with van der Waals surface area (Å²) in [6, 6.07) is 22.7. The van der Waals surface area contributed by atoms with E-state index in [1.807, 2.05) is 56.3 Å². The molecule has 3 aromatic carbocycles. The minimum Gasteiger partial charge on any atom is -0.348 e. The van der Waals surface area contributed by atoms with Crippen LogP contribution in [-0.4, -0.2) is 25.2 Å². The zero-order chi connectivity index (χ0) is 22.4. The Balaban J connectivity index is 1.81. The fourth-order valence-electron chi connectivity index (χ4n) is 3.15. The van der Waals surface area contributed by atoms with E-state index in [1.165, 1.54) is 4.31 Å². The number of rotatable bonds is 8. The first kappa shape index (κ1) is 23.0. The molecule has 0 aromatic heterocycles. The van der Waals surface area contributed by atoms with Gasteiger partial charge in [0.25, 0.3) is 0 Å². The van der Waals surface area contributed by atoms with Crippen LogP contribution in [-0.2, 0) is 21.4 Å². The van der Waals surface area contributed by atoms with Gasteiger partial charge in [0.1, 0.15) is 0 Å². The van der Waals surface area contributed by atoms with Crippen molar-refractivity contribution in [1.82, 2.24) is 9.62 Å². The van der Waals surface area contributed by atoms with Crippen LogP contribution in [0.2, 0.25) is 5.02 Å². The summed E-state index contributed by atoms with van der Waals surface area (Å²) in [5.41, 5.74) is 2.65. The van der Waals surface area contributed by atoms with Crippen LogP contribution in [0.4, 0.5) is 0 Å². The summed E-state index contributed by atoms with van der Waals surface area (Å²) < 4.78 is 27.8. The first-order valence-electron chi connectivity index (χ1n) is 9.91. The van der Waals surface area contributed by atoms with Gasteiger partial charge in [-0.3, -0.25) is 4.79 Å². The van der Waals surface area contributed by atoms with Gasteiger partial charge in [0.2, 0.25) is 15.9 Å². The van der Waals surface area contributed by atoms with Crippen molar-refractivity contribution >= 4 is 27.5 Å². The lowest BCUT2D eigenvalue weighted by Crippen LogP contribution is -2.41. The second-order valence-corrected chi connectivity index (χ2v) is 9.79. The van der Waals surface area contributed by atoms with Gasteiger partial charge in [-0.05, 0) is 49.2 Å². The Kier molecular flexibility index (Phi) is 7.49. The van der Waals surface area contributed by atoms with E-state index >= 15 is 0 Å². The van der Waals surface area contributed by atoms with Gasteiger partial charge in [-0.15, -0.1) is 0 Å². The molecule has 3 aromatic rings. The van der Waals surface area contributed by atoms with Crippen LogP contribution in [0.5, 0.6) is 0 Å². The molecule has 0 fully saturated rings. The molecule has 0 spiro atoms. The number of benzene rings is 3. The van der Waals surface area contributed by atoms with Gasteiger partial charge in [0.15, 0.2) is 0 Å². The Bertz CT molecular complexity index is 1120. The number of hydrogen-bond donors (Lipinski definition) is 1. The van der Waals surface area contributed by atoms with Gasteiger partial charge in [-0.25, -0.2) is 8.42 Å². The van der Waals surface area contributed by atoms with Crippen LogP contribution in [0.3, 0.4) is 0 Å². The number of hydrogen-bond acceptors (Lipinski definition) is 3. The van der Waals surface area contributed by atoms with Crippen molar-refractivity contribution in [3.8, 4) is 0 Å². The molecule has 1 N–H and O–H groups in total. The lowest BCUT2D eigenvalue weighted by Gasteiger charge is -2.23. The first-order chi connectivity index (χ1) is 14.8. The lowest BCUT2D eigenvalue weighted by atomic mass is 10.1. The maximum absolute atomic E-state index is 13.3. The van der Waals surface area contributed by atoms with Crippen LogP contribution in [0.1, 0.15) is 29.7 Å². The lowest BCUT2D eigenvalue weighted by molar-refractivity contribution is -0.122. The molecular formula is C24H25ClN2O3S. The molecule has 0 unspecified atom stereocenters. The second-order valence-electron chi connectivity index (χ2n) is 7.41. The predicted molar refractivity (Wildman–Crippen MR) is 123 cm³/mol. The third-order valence-corrected chi connectivity index (χ3v) is 6.99. The maximum Gasteiger partial charge on any atom is 0.243 e. The Morgan fingerprint density at radius 1 is 0.968 bits per heavy atom. The maximum atomic E-state index is 13.3. The van der Waals surface area contributed by atoms with Crippen LogP contribution in [0.25, 0.3) is 0 Å². The SMILES string of the molecule is Cc1ccc(S(=O)(=O)N(CC(=O)N[C@H](C)c2ccc(Cl)cc2)Cc2ccccc2)cc1. The van der Waals surface area contributed by atoms with Gasteiger partial charge < -0.3 is 5.32 Å². The monoisotopic (exact) mass is 456 g/mol. The zero-order valence-corrected chi connectivity index (χ0v) is 19.0. The van der Waals surface area contributed by atoms with E-state index in [-0.39, 0.29) is 29.9 Å². The number of carbonyl (C=O) groups is 1. The molecule has 31 heavy (non-hydrogen) atoms. The normalized spacial score (nSPS) is 12.5. The first-order valence-corrected chi connectivity index (χ1v) is 11.7. The highest BCUT2D eigenvalue weighted by atomic mass is 35.5. The predicted octanol–water partition coefficient (Wildman–Crippen LogP) is 4.72. The molecule has 1 amide bonds. The van der Waals surface area contributed by atoms with Gasteiger partial charge in [-0.2, -0.15) is 4.31 Å². The molecule has 0 aliphatic rings. The van der Waals surface area contributed by atoms with Crippen molar-refractivity contribution in [2.45, 2.75) is 31.3 Å². The van der Waals surface area contributed by atoms with E-state index < -0.39 is 10.0 Å². The molecule has 0 aliphatic carbocycles. The van der Waals surface area contributed by atoms with E-state index in [1.54, 1.807) is 36.4 Å². The number of sulfonamides is 1. The molecule has 1 atom stereocenters. The molecule has 5 nitrogen and oxygen atoms in total. The quantitative estimate of drug-likeness (QED) is 0.533. The molecule has 162 valence electrons. The molecular weight excluding hydrogens is 432 g/mol. The molecule has 3 rings (SSSR count). The summed E-state index contributed by atoms with van der Waals surface area (Å²) in [5.74, 6) is -0.380. The fraction of sp³-hybridized carbons (Fsp3) is 0.208. The van der Waals surface area contributed by atoms with E-state index in [4.69, 9.17) is 11.6 Å². The van der Waals surface area contributed by atoms with E-state index in [0.29, 0.717) is 5.02 Å². The molecule has 0 aliphatic heterocycles. The summed E-state index contributed by atoms with van der Waals surface area (Å²) in [6.07, 6.45) is 0. The van der Waals surface area contributed by atoms with Crippen molar-refractivity contribution in [2.24, 2.45) is 0 Å². The second kappa shape index (κ2) is 10.1. The largest absolute Gasteiger partial charge is 0.348 e. The molecule has 0 saturated heterocycles. The number of amides is 1. The number of aryl methyl sites for hydroxylation is 1. The Morgan fingerprint density at radius 3 is 2.19 bits per heavy atom. The van der Waals surface area contributed by atoms with Crippen LogP contribution in [0.15, 0.2) is 83.8 Å². The van der Waals surface area contributed by atoms with E-state index in [9.17, 15) is 13.2 Å². The van der Waals surface area contributed by atoms with Crippen LogP contribution < -0.4 is 5.32 Å². The number of carbonyl (C=O) groups excluding carboxylic acids is 1. The Morgan fingerprint density at radius 2 is 1.58 bits per heavy atom. The summed E-state index contributed by atoms with van der Waals surface area (Å²) in [4.78, 5) is 12.9. The summed E-state index contributed by atoms with van der Waals surface area (Å²) in [7, 11) is -3.86. The van der Waals surface area contributed by atoms with Gasteiger partial charge in [0, 0.05) is 11.6 Å². The molecule has 7 heteroatoms. The highest BCUT2D eigenvalue weighted by Gasteiger charge is 2.27. The average molecular weight is 457 g/mol. The molecule has 0 saturated carbocycles. The van der Waals surface area contributed by atoms with Crippen molar-refractivity contribution in [2.75, 3.05) is 6.54 Å². The van der Waals surface area contributed by atoms with Crippen molar-refractivity contribution < 1.29 is 13.2 Å². The molecule has 0 heterocycles. The standard InChI is InChI=1S/C24H25ClN2O3S/c1-18-8-14-23(15-9-18)31(29,30)27(16-20-6-4-3-5-7-20)17-24(28)26-19(2)21-10-12-22(25)13-11-21/h3-15,19H,16-17H2,1-2H3,(H,26,28)/t19-/m1/s1. The van der Waals surface area contributed by atoms with Crippen molar-refractivity contribution in [3.63, 3.8) is 0 Å². The molecule has 0 radical (unpaired) electrons. The van der Waals surface area contributed by atoms with Crippen molar-refractivity contribution in [1.29, 1.82) is 0 Å². The summed E-state index contributed by atoms with van der Waals surface area (Å²) >= 11 is 5.93. The van der Waals surface area contributed by atoms with Gasteiger partial charge in [0.05, 0.1) is 17.5 Å².